The number of halogens is 1. The Kier molecular flexibility index (Phi) is 3.74. The van der Waals surface area contributed by atoms with E-state index in [2.05, 4.69) is 10.6 Å². The summed E-state index contributed by atoms with van der Waals surface area (Å²) in [6.45, 7) is 1.57. The van der Waals surface area contributed by atoms with Crippen LogP contribution >= 0.6 is 11.6 Å². The highest BCUT2D eigenvalue weighted by atomic mass is 35.5. The van der Waals surface area contributed by atoms with Crippen LogP contribution in [0.25, 0.3) is 0 Å². The summed E-state index contributed by atoms with van der Waals surface area (Å²) < 4.78 is 4.88. The molecule has 0 aliphatic carbocycles. The second-order valence-electron chi connectivity index (χ2n) is 2.91. The predicted molar refractivity (Wildman–Crippen MR) is 54.7 cm³/mol. The van der Waals surface area contributed by atoms with Gasteiger partial charge in [-0.05, 0) is 30.7 Å². The Bertz CT molecular complexity index is 375. The van der Waals surface area contributed by atoms with Crippen LogP contribution in [0.4, 0.5) is 0 Å². The molecule has 2 N–H and O–H groups in total. The Morgan fingerprint density at radius 2 is 2.13 bits per heavy atom. The van der Waals surface area contributed by atoms with Crippen LogP contribution in [0.3, 0.4) is 0 Å². The third-order valence-corrected chi connectivity index (χ3v) is 1.99. The molecule has 0 spiro atoms. The Labute approximate surface area is 91.8 Å². The lowest BCUT2D eigenvalue weighted by molar-refractivity contribution is -0.122. The van der Waals surface area contributed by atoms with Gasteiger partial charge in [0.15, 0.2) is 11.0 Å². The molecule has 6 heteroatoms. The quantitative estimate of drug-likeness (QED) is 0.807. The summed E-state index contributed by atoms with van der Waals surface area (Å²) in [7, 11) is 1.49. The minimum atomic E-state index is -0.619. The third-order valence-electron chi connectivity index (χ3n) is 1.78. The summed E-state index contributed by atoms with van der Waals surface area (Å²) in [5.41, 5.74) is 0. The number of carbonyl (C=O) groups is 2. The molecule has 0 aliphatic rings. The zero-order chi connectivity index (χ0) is 11.4. The summed E-state index contributed by atoms with van der Waals surface area (Å²) >= 11 is 5.50. The topological polar surface area (TPSA) is 71.3 Å². The minimum absolute atomic E-state index is 0.0794. The van der Waals surface area contributed by atoms with Gasteiger partial charge in [0.2, 0.25) is 5.91 Å². The van der Waals surface area contributed by atoms with E-state index in [1.807, 2.05) is 0 Å². The van der Waals surface area contributed by atoms with Crippen LogP contribution in [-0.4, -0.2) is 24.9 Å². The van der Waals surface area contributed by atoms with Crippen molar-refractivity contribution in [2.45, 2.75) is 13.0 Å². The van der Waals surface area contributed by atoms with Gasteiger partial charge in [0.05, 0.1) is 0 Å². The molecule has 15 heavy (non-hydrogen) atoms. The van der Waals surface area contributed by atoms with E-state index in [0.29, 0.717) is 0 Å². The Balaban J connectivity index is 2.60. The van der Waals surface area contributed by atoms with E-state index in [1.165, 1.54) is 19.2 Å². The molecule has 1 aromatic rings. The van der Waals surface area contributed by atoms with Crippen LogP contribution in [0.2, 0.25) is 5.22 Å². The van der Waals surface area contributed by atoms with Crippen LogP contribution in [0.1, 0.15) is 17.5 Å². The fourth-order valence-electron chi connectivity index (χ4n) is 0.986. The van der Waals surface area contributed by atoms with Gasteiger partial charge in [0.25, 0.3) is 5.91 Å². The van der Waals surface area contributed by atoms with Gasteiger partial charge < -0.3 is 15.1 Å². The van der Waals surface area contributed by atoms with E-state index in [1.54, 1.807) is 6.92 Å². The molecule has 1 rings (SSSR count). The van der Waals surface area contributed by atoms with E-state index in [-0.39, 0.29) is 16.9 Å². The first-order valence-corrected chi connectivity index (χ1v) is 4.70. The molecule has 0 aliphatic heterocycles. The smallest absolute Gasteiger partial charge is 0.287 e. The molecule has 0 aromatic carbocycles. The average molecular weight is 231 g/mol. The van der Waals surface area contributed by atoms with Crippen molar-refractivity contribution in [1.82, 2.24) is 10.6 Å². The van der Waals surface area contributed by atoms with E-state index < -0.39 is 11.9 Å². The standard InChI is InChI=1S/C9H11ClN2O3/c1-5(8(13)11-2)12-9(14)6-3-4-7(10)15-6/h3-5H,1-2H3,(H,11,13)(H,12,14). The monoisotopic (exact) mass is 230 g/mol. The lowest BCUT2D eigenvalue weighted by Crippen LogP contribution is -2.43. The first-order valence-electron chi connectivity index (χ1n) is 4.32. The van der Waals surface area contributed by atoms with Gasteiger partial charge in [-0.25, -0.2) is 0 Å². The largest absolute Gasteiger partial charge is 0.440 e. The zero-order valence-electron chi connectivity index (χ0n) is 8.33. The lowest BCUT2D eigenvalue weighted by Gasteiger charge is -2.10. The van der Waals surface area contributed by atoms with Crippen molar-refractivity contribution in [3.05, 3.63) is 23.1 Å². The van der Waals surface area contributed by atoms with Crippen LogP contribution < -0.4 is 10.6 Å². The fourth-order valence-corrected chi connectivity index (χ4v) is 1.13. The molecular formula is C9H11ClN2O3. The highest BCUT2D eigenvalue weighted by Gasteiger charge is 2.17. The summed E-state index contributed by atoms with van der Waals surface area (Å²) in [6.07, 6.45) is 0. The van der Waals surface area contributed by atoms with Crippen LogP contribution in [0, 0.1) is 0 Å². The molecule has 0 bridgehead atoms. The number of hydrogen-bond donors (Lipinski definition) is 2. The van der Waals surface area contributed by atoms with Crippen molar-refractivity contribution in [3.8, 4) is 0 Å². The van der Waals surface area contributed by atoms with Gasteiger partial charge in [-0.15, -0.1) is 0 Å². The van der Waals surface area contributed by atoms with Crippen molar-refractivity contribution in [2.24, 2.45) is 0 Å². The summed E-state index contributed by atoms with van der Waals surface area (Å²) in [6, 6.07) is 2.28. The highest BCUT2D eigenvalue weighted by Crippen LogP contribution is 2.12. The maximum Gasteiger partial charge on any atom is 0.287 e. The molecule has 5 nitrogen and oxygen atoms in total. The lowest BCUT2D eigenvalue weighted by atomic mass is 10.3. The molecule has 82 valence electrons. The molecular weight excluding hydrogens is 220 g/mol. The number of hydrogen-bond acceptors (Lipinski definition) is 3. The Hall–Kier alpha value is -1.49. The van der Waals surface area contributed by atoms with Crippen molar-refractivity contribution in [1.29, 1.82) is 0 Å². The SMILES string of the molecule is CNC(=O)C(C)NC(=O)c1ccc(Cl)o1. The van der Waals surface area contributed by atoms with Crippen LogP contribution in [-0.2, 0) is 4.79 Å². The van der Waals surface area contributed by atoms with E-state index >= 15 is 0 Å². The van der Waals surface area contributed by atoms with Gasteiger partial charge in [-0.1, -0.05) is 0 Å². The van der Waals surface area contributed by atoms with Gasteiger partial charge in [-0.2, -0.15) is 0 Å². The molecule has 1 aromatic heterocycles. The van der Waals surface area contributed by atoms with Crippen molar-refractivity contribution >= 4 is 23.4 Å². The van der Waals surface area contributed by atoms with E-state index in [9.17, 15) is 9.59 Å². The Morgan fingerprint density at radius 3 is 2.60 bits per heavy atom. The zero-order valence-corrected chi connectivity index (χ0v) is 9.09. The fraction of sp³-hybridized carbons (Fsp3) is 0.333. The van der Waals surface area contributed by atoms with Crippen molar-refractivity contribution in [2.75, 3.05) is 7.05 Å². The maximum atomic E-state index is 11.4. The van der Waals surface area contributed by atoms with Gasteiger partial charge in [0.1, 0.15) is 6.04 Å². The van der Waals surface area contributed by atoms with Gasteiger partial charge in [-0.3, -0.25) is 9.59 Å². The maximum absolute atomic E-state index is 11.4. The number of furan rings is 1. The number of carbonyl (C=O) groups excluding carboxylic acids is 2. The first-order chi connectivity index (χ1) is 7.04. The predicted octanol–water partition coefficient (Wildman–Crippen LogP) is 0.797. The molecule has 0 saturated carbocycles. The molecule has 1 heterocycles. The summed E-state index contributed by atoms with van der Waals surface area (Å²) in [5.74, 6) is -0.672. The van der Waals surface area contributed by atoms with Crippen molar-refractivity contribution < 1.29 is 14.0 Å². The normalized spacial score (nSPS) is 11.9. The molecule has 2 amide bonds. The number of likely N-dealkylation sites (N-methyl/N-ethyl adjacent to an activating group) is 1. The van der Waals surface area contributed by atoms with E-state index in [0.717, 1.165) is 0 Å². The second-order valence-corrected chi connectivity index (χ2v) is 3.29. The number of rotatable bonds is 3. The number of nitrogens with one attached hydrogen (secondary N) is 2. The summed E-state index contributed by atoms with van der Waals surface area (Å²) in [5, 5.41) is 5.01. The molecule has 0 fully saturated rings. The minimum Gasteiger partial charge on any atom is -0.440 e. The second kappa shape index (κ2) is 4.84. The number of amides is 2. The van der Waals surface area contributed by atoms with Crippen LogP contribution in [0.15, 0.2) is 16.5 Å². The van der Waals surface area contributed by atoms with Gasteiger partial charge >= 0.3 is 0 Å². The van der Waals surface area contributed by atoms with Gasteiger partial charge in [0, 0.05) is 7.05 Å². The van der Waals surface area contributed by atoms with Crippen molar-refractivity contribution in [3.63, 3.8) is 0 Å². The average Bonchev–Trinajstić information content (AvgIpc) is 2.63. The molecule has 0 saturated heterocycles. The third kappa shape index (κ3) is 2.99. The van der Waals surface area contributed by atoms with Crippen LogP contribution in [0.5, 0.6) is 0 Å². The highest BCUT2D eigenvalue weighted by molar-refractivity contribution is 6.29. The first kappa shape index (κ1) is 11.6. The van der Waals surface area contributed by atoms with E-state index in [4.69, 9.17) is 16.0 Å². The molecule has 1 unspecified atom stereocenters. The Morgan fingerprint density at radius 1 is 1.47 bits per heavy atom. The summed E-state index contributed by atoms with van der Waals surface area (Å²) in [4.78, 5) is 22.5. The molecule has 1 atom stereocenters. The molecule has 0 radical (unpaired) electrons.